The van der Waals surface area contributed by atoms with Crippen LogP contribution >= 0.6 is 12.2 Å². The van der Waals surface area contributed by atoms with Crippen LogP contribution in [0.15, 0.2) is 65.7 Å². The van der Waals surface area contributed by atoms with Crippen LogP contribution in [0.25, 0.3) is 22.3 Å². The van der Waals surface area contributed by atoms with E-state index in [1.807, 2.05) is 17.3 Å². The fourth-order valence-corrected chi connectivity index (χ4v) is 2.77. The van der Waals surface area contributed by atoms with Gasteiger partial charge in [-0.2, -0.15) is 4.99 Å². The number of aryl methyl sites for hydroxylation is 1. The summed E-state index contributed by atoms with van der Waals surface area (Å²) < 4.78 is 28.2. The van der Waals surface area contributed by atoms with E-state index in [1.165, 1.54) is 5.56 Å². The highest BCUT2D eigenvalue weighted by atomic mass is 32.1. The van der Waals surface area contributed by atoms with Gasteiger partial charge in [0, 0.05) is 11.6 Å². The van der Waals surface area contributed by atoms with Crippen LogP contribution in [0, 0.1) is 11.6 Å². The Morgan fingerprint density at radius 1 is 0.840 bits per heavy atom. The van der Waals surface area contributed by atoms with Gasteiger partial charge >= 0.3 is 0 Å². The van der Waals surface area contributed by atoms with Gasteiger partial charge in [-0.3, -0.25) is 0 Å². The number of halogens is 2. The molecule has 0 atom stereocenters. The number of thiocarbonyl (C=S) groups is 1. The molecule has 3 aromatic rings. The Balaban J connectivity index is 1.94. The lowest BCUT2D eigenvalue weighted by atomic mass is 9.99. The minimum atomic E-state index is -0.631. The number of isothiocyanates is 1. The third kappa shape index (κ3) is 3.71. The Labute approximate surface area is 150 Å². The first-order valence-corrected chi connectivity index (χ1v) is 8.30. The molecule has 0 spiro atoms. The molecule has 0 saturated heterocycles. The molecule has 0 amide bonds. The molecule has 0 aromatic heterocycles. The van der Waals surface area contributed by atoms with Gasteiger partial charge in [-0.05, 0) is 47.0 Å². The normalized spacial score (nSPS) is 10.4. The van der Waals surface area contributed by atoms with E-state index in [0.29, 0.717) is 5.56 Å². The zero-order chi connectivity index (χ0) is 17.8. The molecule has 3 rings (SSSR count). The summed E-state index contributed by atoms with van der Waals surface area (Å²) in [6, 6.07) is 17.8. The van der Waals surface area contributed by atoms with Crippen LogP contribution in [0.3, 0.4) is 0 Å². The van der Waals surface area contributed by atoms with Crippen LogP contribution < -0.4 is 0 Å². The number of benzene rings is 3. The molecule has 0 fully saturated rings. The predicted molar refractivity (Wildman–Crippen MR) is 101 cm³/mol. The van der Waals surface area contributed by atoms with Crippen LogP contribution in [0.4, 0.5) is 14.5 Å². The Kier molecular flexibility index (Phi) is 5.13. The highest BCUT2D eigenvalue weighted by molar-refractivity contribution is 7.78. The molecule has 0 aliphatic rings. The Bertz CT molecular complexity index is 941. The van der Waals surface area contributed by atoms with Crippen molar-refractivity contribution in [1.82, 2.24) is 0 Å². The minimum absolute atomic E-state index is 0.149. The molecule has 0 aliphatic heterocycles. The molecule has 0 heterocycles. The maximum absolute atomic E-state index is 14.3. The first kappa shape index (κ1) is 17.2. The van der Waals surface area contributed by atoms with Crippen LogP contribution in [0.2, 0.25) is 0 Å². The number of hydrogen-bond acceptors (Lipinski definition) is 2. The average molecular weight is 351 g/mol. The fourth-order valence-electron chi connectivity index (χ4n) is 2.67. The van der Waals surface area contributed by atoms with Crippen molar-refractivity contribution in [3.05, 3.63) is 77.9 Å². The molecular formula is C21H15F2NS. The molecule has 0 saturated carbocycles. The molecule has 0 N–H and O–H groups in total. The van der Waals surface area contributed by atoms with Crippen molar-refractivity contribution < 1.29 is 8.78 Å². The van der Waals surface area contributed by atoms with Crippen molar-refractivity contribution in [2.45, 2.75) is 13.3 Å². The second-order valence-electron chi connectivity index (χ2n) is 5.61. The van der Waals surface area contributed by atoms with Crippen molar-refractivity contribution in [3.8, 4) is 22.3 Å². The Morgan fingerprint density at radius 3 is 1.96 bits per heavy atom. The lowest BCUT2D eigenvalue weighted by Gasteiger charge is -2.08. The molecule has 0 radical (unpaired) electrons. The summed E-state index contributed by atoms with van der Waals surface area (Å²) in [6.45, 7) is 2.11. The number of hydrogen-bond donors (Lipinski definition) is 0. The standard InChI is InChI=1S/C21H15F2NS/c1-2-14-3-5-15(6-4-14)16-7-9-17(10-8-16)18-11-20(23)21(24-13-25)12-19(18)22/h3-12H,2H2,1H3. The van der Waals surface area contributed by atoms with E-state index in [-0.39, 0.29) is 11.3 Å². The Hall–Kier alpha value is -2.68. The third-order valence-electron chi connectivity index (χ3n) is 4.09. The zero-order valence-electron chi connectivity index (χ0n) is 13.6. The molecule has 4 heteroatoms. The van der Waals surface area contributed by atoms with E-state index in [0.717, 1.165) is 29.7 Å². The molecule has 124 valence electrons. The maximum Gasteiger partial charge on any atom is 0.150 e. The van der Waals surface area contributed by atoms with Crippen molar-refractivity contribution in [2.24, 2.45) is 4.99 Å². The molecular weight excluding hydrogens is 336 g/mol. The first-order chi connectivity index (χ1) is 12.1. The van der Waals surface area contributed by atoms with E-state index >= 15 is 0 Å². The maximum atomic E-state index is 14.3. The van der Waals surface area contributed by atoms with Gasteiger partial charge in [-0.25, -0.2) is 8.78 Å². The van der Waals surface area contributed by atoms with E-state index < -0.39 is 11.6 Å². The van der Waals surface area contributed by atoms with Crippen molar-refractivity contribution in [3.63, 3.8) is 0 Å². The fraction of sp³-hybridized carbons (Fsp3) is 0.0952. The predicted octanol–water partition coefficient (Wildman–Crippen LogP) is 6.60. The second-order valence-corrected chi connectivity index (χ2v) is 5.80. The summed E-state index contributed by atoms with van der Waals surface area (Å²) in [5.74, 6) is -1.18. The van der Waals surface area contributed by atoms with Gasteiger partial charge in [0.1, 0.15) is 17.3 Å². The lowest BCUT2D eigenvalue weighted by molar-refractivity contribution is 0.605. The highest BCUT2D eigenvalue weighted by Crippen LogP contribution is 2.30. The third-order valence-corrected chi connectivity index (χ3v) is 4.19. The summed E-state index contributed by atoms with van der Waals surface area (Å²) in [4.78, 5) is 3.52. The van der Waals surface area contributed by atoms with E-state index in [4.69, 9.17) is 0 Å². The summed E-state index contributed by atoms with van der Waals surface area (Å²) in [6.07, 6.45) is 0.993. The van der Waals surface area contributed by atoms with Crippen molar-refractivity contribution in [1.29, 1.82) is 0 Å². The zero-order valence-corrected chi connectivity index (χ0v) is 14.4. The van der Waals surface area contributed by atoms with Crippen LogP contribution in [0.5, 0.6) is 0 Å². The quantitative estimate of drug-likeness (QED) is 0.381. The summed E-state index contributed by atoms with van der Waals surface area (Å²) in [5.41, 5.74) is 4.02. The molecule has 1 nitrogen and oxygen atoms in total. The summed E-state index contributed by atoms with van der Waals surface area (Å²) in [5, 5.41) is 2.05. The lowest BCUT2D eigenvalue weighted by Crippen LogP contribution is -1.88. The number of nitrogens with zero attached hydrogens (tertiary/aromatic N) is 1. The largest absolute Gasteiger partial charge is 0.206 e. The average Bonchev–Trinajstić information content (AvgIpc) is 2.65. The molecule has 0 aliphatic carbocycles. The van der Waals surface area contributed by atoms with Gasteiger partial charge in [-0.1, -0.05) is 55.5 Å². The van der Waals surface area contributed by atoms with Crippen LogP contribution in [0.1, 0.15) is 12.5 Å². The van der Waals surface area contributed by atoms with Crippen molar-refractivity contribution >= 4 is 23.1 Å². The van der Waals surface area contributed by atoms with E-state index in [1.54, 1.807) is 12.1 Å². The minimum Gasteiger partial charge on any atom is -0.206 e. The van der Waals surface area contributed by atoms with Gasteiger partial charge in [-0.15, -0.1) is 0 Å². The monoisotopic (exact) mass is 351 g/mol. The van der Waals surface area contributed by atoms with Gasteiger partial charge < -0.3 is 0 Å². The summed E-state index contributed by atoms with van der Waals surface area (Å²) >= 11 is 4.43. The van der Waals surface area contributed by atoms with E-state index in [2.05, 4.69) is 48.4 Å². The van der Waals surface area contributed by atoms with Gasteiger partial charge in [0.2, 0.25) is 0 Å². The second kappa shape index (κ2) is 7.47. The van der Waals surface area contributed by atoms with Gasteiger partial charge in [0.25, 0.3) is 0 Å². The van der Waals surface area contributed by atoms with Crippen LogP contribution in [-0.4, -0.2) is 5.16 Å². The number of aliphatic imine (C=N–C) groups is 1. The molecule has 0 bridgehead atoms. The topological polar surface area (TPSA) is 12.4 Å². The van der Waals surface area contributed by atoms with Gasteiger partial charge in [0.05, 0.1) is 5.16 Å². The Morgan fingerprint density at radius 2 is 1.40 bits per heavy atom. The SMILES string of the molecule is CCc1ccc(-c2ccc(-c3cc(F)c(N=C=S)cc3F)cc2)cc1. The van der Waals surface area contributed by atoms with Crippen molar-refractivity contribution in [2.75, 3.05) is 0 Å². The molecule has 25 heavy (non-hydrogen) atoms. The molecule has 0 unspecified atom stereocenters. The van der Waals surface area contributed by atoms with Crippen LogP contribution in [-0.2, 0) is 6.42 Å². The van der Waals surface area contributed by atoms with Gasteiger partial charge in [0.15, 0.2) is 0 Å². The first-order valence-electron chi connectivity index (χ1n) is 7.89. The smallest absolute Gasteiger partial charge is 0.150 e. The highest BCUT2D eigenvalue weighted by Gasteiger charge is 2.11. The molecule has 3 aromatic carbocycles. The van der Waals surface area contributed by atoms with E-state index in [9.17, 15) is 8.78 Å². The number of rotatable bonds is 4. The summed E-state index contributed by atoms with van der Waals surface area (Å²) in [7, 11) is 0.